The minimum atomic E-state index is -0.584. The summed E-state index contributed by atoms with van der Waals surface area (Å²) in [6.07, 6.45) is 0. The quantitative estimate of drug-likeness (QED) is 0.720. The lowest BCUT2D eigenvalue weighted by Gasteiger charge is -2.08. The summed E-state index contributed by atoms with van der Waals surface area (Å²) in [5, 5.41) is 13.7. The lowest BCUT2D eigenvalue weighted by atomic mass is 10.2. The minimum Gasteiger partial charge on any atom is -0.465 e. The number of benzene rings is 1. The van der Waals surface area contributed by atoms with Crippen molar-refractivity contribution in [1.29, 1.82) is 0 Å². The van der Waals surface area contributed by atoms with Crippen LogP contribution in [-0.4, -0.2) is 37.4 Å². The first-order valence-electron chi connectivity index (χ1n) is 5.12. The van der Waals surface area contributed by atoms with Gasteiger partial charge >= 0.3 is 12.0 Å². The maximum absolute atomic E-state index is 11.4. The van der Waals surface area contributed by atoms with E-state index in [2.05, 4.69) is 15.4 Å². The van der Waals surface area contributed by atoms with Crippen LogP contribution in [0.25, 0.3) is 0 Å². The highest BCUT2D eigenvalue weighted by atomic mass is 35.5. The van der Waals surface area contributed by atoms with E-state index >= 15 is 0 Å². The molecule has 7 heteroatoms. The van der Waals surface area contributed by atoms with Crippen LogP contribution in [0.15, 0.2) is 18.2 Å². The van der Waals surface area contributed by atoms with Gasteiger partial charge in [-0.15, -0.1) is 0 Å². The molecule has 0 saturated carbocycles. The van der Waals surface area contributed by atoms with Gasteiger partial charge in [-0.2, -0.15) is 0 Å². The fourth-order valence-corrected chi connectivity index (χ4v) is 1.41. The number of hydrogen-bond acceptors (Lipinski definition) is 4. The maximum atomic E-state index is 11.4. The monoisotopic (exact) mass is 272 g/mol. The van der Waals surface area contributed by atoms with Gasteiger partial charge in [-0.1, -0.05) is 11.6 Å². The van der Waals surface area contributed by atoms with Crippen molar-refractivity contribution in [3.05, 3.63) is 28.8 Å². The normalized spacial score (nSPS) is 9.72. The van der Waals surface area contributed by atoms with Crippen molar-refractivity contribution in [2.45, 2.75) is 0 Å². The number of esters is 1. The molecule has 1 rings (SSSR count). The van der Waals surface area contributed by atoms with Crippen LogP contribution in [0.5, 0.6) is 0 Å². The number of hydrogen-bond donors (Lipinski definition) is 3. The number of urea groups is 1. The first-order chi connectivity index (χ1) is 8.58. The van der Waals surface area contributed by atoms with E-state index in [1.165, 1.54) is 19.2 Å². The highest BCUT2D eigenvalue weighted by molar-refractivity contribution is 6.33. The second-order valence-corrected chi connectivity index (χ2v) is 3.70. The molecule has 2 amide bonds. The Morgan fingerprint density at radius 3 is 2.78 bits per heavy atom. The predicted octanol–water partition coefficient (Wildman–Crippen LogP) is 1.24. The van der Waals surface area contributed by atoms with Crippen LogP contribution in [0.3, 0.4) is 0 Å². The first kappa shape index (κ1) is 14.3. The Labute approximate surface area is 109 Å². The summed E-state index contributed by atoms with van der Waals surface area (Å²) >= 11 is 5.83. The third-order valence-electron chi connectivity index (χ3n) is 2.03. The molecule has 0 saturated heterocycles. The Kier molecular flexibility index (Phi) is 5.41. The molecule has 0 aliphatic rings. The van der Waals surface area contributed by atoms with Crippen LogP contribution >= 0.6 is 11.6 Å². The van der Waals surface area contributed by atoms with E-state index in [9.17, 15) is 9.59 Å². The van der Waals surface area contributed by atoms with Gasteiger partial charge in [0.15, 0.2) is 0 Å². The molecule has 0 spiro atoms. The van der Waals surface area contributed by atoms with Crippen molar-refractivity contribution in [3.63, 3.8) is 0 Å². The van der Waals surface area contributed by atoms with Gasteiger partial charge in [-0.05, 0) is 18.2 Å². The topological polar surface area (TPSA) is 87.7 Å². The molecule has 1 aromatic rings. The van der Waals surface area contributed by atoms with E-state index in [0.29, 0.717) is 5.69 Å². The first-order valence-corrected chi connectivity index (χ1v) is 5.50. The number of amides is 2. The summed E-state index contributed by atoms with van der Waals surface area (Å²) in [4.78, 5) is 22.7. The van der Waals surface area contributed by atoms with Crippen LogP contribution in [0.1, 0.15) is 10.4 Å². The fraction of sp³-hybridized carbons (Fsp3) is 0.273. The summed E-state index contributed by atoms with van der Waals surface area (Å²) in [6.45, 7) is -0.00920. The molecule has 3 N–H and O–H groups in total. The number of nitrogens with one attached hydrogen (secondary N) is 2. The van der Waals surface area contributed by atoms with Gasteiger partial charge in [0.2, 0.25) is 0 Å². The molecule has 0 unspecified atom stereocenters. The summed E-state index contributed by atoms with van der Waals surface area (Å²) in [6, 6.07) is 3.96. The molecule has 0 aliphatic carbocycles. The number of carbonyl (C=O) groups excluding carboxylic acids is 2. The molecule has 98 valence electrons. The number of aliphatic hydroxyl groups excluding tert-OH is 1. The number of rotatable bonds is 4. The van der Waals surface area contributed by atoms with Gasteiger partial charge in [-0.25, -0.2) is 9.59 Å². The minimum absolute atomic E-state index is 0.142. The lowest BCUT2D eigenvalue weighted by Crippen LogP contribution is -2.31. The Morgan fingerprint density at radius 1 is 1.44 bits per heavy atom. The molecule has 6 nitrogen and oxygen atoms in total. The van der Waals surface area contributed by atoms with E-state index in [1.54, 1.807) is 6.07 Å². The van der Waals surface area contributed by atoms with E-state index in [0.717, 1.165) is 0 Å². The molecule has 0 radical (unpaired) electrons. The number of carbonyl (C=O) groups is 2. The summed E-state index contributed by atoms with van der Waals surface area (Å²) in [5.41, 5.74) is 0.564. The van der Waals surface area contributed by atoms with Gasteiger partial charge in [0, 0.05) is 12.2 Å². The van der Waals surface area contributed by atoms with Crippen molar-refractivity contribution in [2.75, 3.05) is 25.6 Å². The Bertz CT molecular complexity index is 451. The number of ether oxygens (including phenoxy) is 1. The number of methoxy groups -OCH3 is 1. The van der Waals surface area contributed by atoms with E-state index in [1.807, 2.05) is 0 Å². The third kappa shape index (κ3) is 3.90. The molecule has 0 bridgehead atoms. The summed E-state index contributed by atoms with van der Waals surface area (Å²) in [5.74, 6) is -0.584. The van der Waals surface area contributed by atoms with E-state index in [4.69, 9.17) is 16.7 Å². The van der Waals surface area contributed by atoms with Crippen LogP contribution in [0, 0.1) is 0 Å². The zero-order valence-electron chi connectivity index (χ0n) is 9.70. The molecule has 0 heterocycles. The smallest absolute Gasteiger partial charge is 0.339 e. The average Bonchev–Trinajstić information content (AvgIpc) is 2.37. The van der Waals surface area contributed by atoms with Gasteiger partial charge in [0.05, 0.1) is 24.3 Å². The SMILES string of the molecule is COC(=O)c1cc(NC(=O)NCCO)ccc1Cl. The van der Waals surface area contributed by atoms with E-state index in [-0.39, 0.29) is 23.7 Å². The average molecular weight is 273 g/mol. The van der Waals surface area contributed by atoms with Gasteiger partial charge in [-0.3, -0.25) is 0 Å². The predicted molar refractivity (Wildman–Crippen MR) is 66.9 cm³/mol. The third-order valence-corrected chi connectivity index (χ3v) is 2.36. The van der Waals surface area contributed by atoms with E-state index < -0.39 is 12.0 Å². The zero-order valence-corrected chi connectivity index (χ0v) is 10.5. The second kappa shape index (κ2) is 6.83. The van der Waals surface area contributed by atoms with Gasteiger partial charge < -0.3 is 20.5 Å². The standard InChI is InChI=1S/C11H13ClN2O4/c1-18-10(16)8-6-7(2-3-9(8)12)14-11(17)13-4-5-15/h2-3,6,15H,4-5H2,1H3,(H2,13,14,17). The summed E-state index contributed by atoms with van der Waals surface area (Å²) < 4.78 is 4.56. The molecular formula is C11H13ClN2O4. The van der Waals surface area contributed by atoms with Crippen LogP contribution < -0.4 is 10.6 Å². The molecule has 0 aliphatic heterocycles. The van der Waals surface area contributed by atoms with Crippen LogP contribution in [0.2, 0.25) is 5.02 Å². The summed E-state index contributed by atoms with van der Waals surface area (Å²) in [7, 11) is 1.24. The molecule has 0 aromatic heterocycles. The molecule has 0 atom stereocenters. The Hall–Kier alpha value is -1.79. The molecule has 0 fully saturated rings. The zero-order chi connectivity index (χ0) is 13.5. The van der Waals surface area contributed by atoms with Crippen molar-refractivity contribution in [1.82, 2.24) is 5.32 Å². The van der Waals surface area contributed by atoms with Gasteiger partial charge in [0.1, 0.15) is 0 Å². The van der Waals surface area contributed by atoms with Crippen molar-refractivity contribution in [3.8, 4) is 0 Å². The van der Waals surface area contributed by atoms with Crippen LogP contribution in [0.4, 0.5) is 10.5 Å². The van der Waals surface area contributed by atoms with Gasteiger partial charge in [0.25, 0.3) is 0 Å². The molecular weight excluding hydrogens is 260 g/mol. The van der Waals surface area contributed by atoms with Crippen molar-refractivity contribution >= 4 is 29.3 Å². The second-order valence-electron chi connectivity index (χ2n) is 3.29. The number of anilines is 1. The van der Waals surface area contributed by atoms with Crippen molar-refractivity contribution < 1.29 is 19.4 Å². The highest BCUT2D eigenvalue weighted by Crippen LogP contribution is 2.21. The van der Waals surface area contributed by atoms with Crippen LogP contribution in [-0.2, 0) is 4.74 Å². The Morgan fingerprint density at radius 2 is 2.17 bits per heavy atom. The fourth-order valence-electron chi connectivity index (χ4n) is 1.21. The largest absolute Gasteiger partial charge is 0.465 e. The Balaban J connectivity index is 2.79. The highest BCUT2D eigenvalue weighted by Gasteiger charge is 2.12. The lowest BCUT2D eigenvalue weighted by molar-refractivity contribution is 0.0601. The number of halogens is 1. The number of aliphatic hydroxyl groups is 1. The molecule has 1 aromatic carbocycles. The molecule has 18 heavy (non-hydrogen) atoms. The maximum Gasteiger partial charge on any atom is 0.339 e. The van der Waals surface area contributed by atoms with Crippen molar-refractivity contribution in [2.24, 2.45) is 0 Å².